The van der Waals surface area contributed by atoms with Crippen molar-refractivity contribution in [3.05, 3.63) is 99.7 Å². The minimum atomic E-state index is -1.17. The van der Waals surface area contributed by atoms with E-state index in [1.165, 1.54) is 15.8 Å². The van der Waals surface area contributed by atoms with Crippen LogP contribution >= 0.6 is 11.6 Å². The molecule has 2 atom stereocenters. The molecule has 2 aliphatic rings. The summed E-state index contributed by atoms with van der Waals surface area (Å²) in [6, 6.07) is 18.9. The molecule has 2 aromatic heterocycles. The van der Waals surface area contributed by atoms with Gasteiger partial charge < -0.3 is 24.6 Å². The van der Waals surface area contributed by atoms with Crippen LogP contribution in [0.1, 0.15) is 36.3 Å². The highest BCUT2D eigenvalue weighted by atomic mass is 35.5. The molecule has 0 spiro atoms. The van der Waals surface area contributed by atoms with E-state index < -0.39 is 11.7 Å². The number of fused-ring (bicyclic) bond motifs is 1. The normalized spacial score (nSPS) is 20.3. The standard InChI is InChI=1S/C32H34ClN5O5/c33-27-9-5-4-8-23(27)18-36-14-11-25-28(36)34-21-38(30(25)40)20-32(43)12-16-35(17-13-32)29(39)24-10-15-37(31(41)42)19-26(24)22-6-2-1-3-7-22/h1-9,11,14,21,24,26,43H,10,12-13,15-20H2,(H,41,42)/t24-,26+/m1/s1. The number of amides is 2. The summed E-state index contributed by atoms with van der Waals surface area (Å²) in [5.41, 5.74) is 1.03. The van der Waals surface area contributed by atoms with Gasteiger partial charge in [0.2, 0.25) is 5.91 Å². The van der Waals surface area contributed by atoms with Crippen LogP contribution in [-0.2, 0) is 17.9 Å². The third-order valence-electron chi connectivity index (χ3n) is 8.94. The fourth-order valence-electron chi connectivity index (χ4n) is 6.47. The lowest BCUT2D eigenvalue weighted by Gasteiger charge is -2.42. The Balaban J connectivity index is 1.13. The first-order valence-corrected chi connectivity index (χ1v) is 14.9. The molecule has 2 fully saturated rings. The van der Waals surface area contributed by atoms with Crippen LogP contribution in [0, 0.1) is 5.92 Å². The summed E-state index contributed by atoms with van der Waals surface area (Å²) in [6.45, 7) is 1.85. The van der Waals surface area contributed by atoms with E-state index in [0.717, 1.165) is 11.1 Å². The summed E-state index contributed by atoms with van der Waals surface area (Å²) in [5.74, 6) is -0.588. The maximum absolute atomic E-state index is 13.7. The van der Waals surface area contributed by atoms with Gasteiger partial charge in [-0.05, 0) is 42.5 Å². The van der Waals surface area contributed by atoms with E-state index >= 15 is 0 Å². The molecule has 2 aliphatic heterocycles. The van der Waals surface area contributed by atoms with E-state index in [0.29, 0.717) is 61.5 Å². The van der Waals surface area contributed by atoms with Gasteiger partial charge in [0.1, 0.15) is 12.0 Å². The van der Waals surface area contributed by atoms with Crippen LogP contribution < -0.4 is 5.56 Å². The van der Waals surface area contributed by atoms with Gasteiger partial charge in [0.25, 0.3) is 5.56 Å². The number of carboxylic acid groups (broad SMARTS) is 1. The minimum Gasteiger partial charge on any atom is -0.465 e. The van der Waals surface area contributed by atoms with Gasteiger partial charge in [-0.15, -0.1) is 0 Å². The predicted molar refractivity (Wildman–Crippen MR) is 162 cm³/mol. The molecule has 4 aromatic rings. The molecule has 10 nitrogen and oxygen atoms in total. The number of hydrogen-bond acceptors (Lipinski definition) is 5. The van der Waals surface area contributed by atoms with Crippen LogP contribution in [-0.4, -0.2) is 77.9 Å². The molecule has 0 saturated carbocycles. The van der Waals surface area contributed by atoms with Gasteiger partial charge in [-0.2, -0.15) is 0 Å². The Labute approximate surface area is 253 Å². The molecule has 11 heteroatoms. The van der Waals surface area contributed by atoms with E-state index in [-0.39, 0.29) is 36.4 Å². The summed E-state index contributed by atoms with van der Waals surface area (Å²) in [5, 5.41) is 22.2. The number of likely N-dealkylation sites (tertiary alicyclic amines) is 2. The fourth-order valence-corrected chi connectivity index (χ4v) is 6.66. The maximum atomic E-state index is 13.7. The largest absolute Gasteiger partial charge is 0.465 e. The molecule has 2 saturated heterocycles. The minimum absolute atomic E-state index is 0.0129. The smallest absolute Gasteiger partial charge is 0.407 e. The lowest BCUT2D eigenvalue weighted by molar-refractivity contribution is -0.142. The predicted octanol–water partition coefficient (Wildman–Crippen LogP) is 4.04. The Bertz CT molecular complexity index is 1700. The second-order valence-corrected chi connectivity index (χ2v) is 12.0. The summed E-state index contributed by atoms with van der Waals surface area (Å²) >= 11 is 6.32. The van der Waals surface area contributed by atoms with Gasteiger partial charge in [0.05, 0.1) is 24.1 Å². The van der Waals surface area contributed by atoms with Crippen LogP contribution in [0.15, 0.2) is 78.0 Å². The van der Waals surface area contributed by atoms with E-state index in [4.69, 9.17) is 11.6 Å². The third kappa shape index (κ3) is 5.89. The summed E-state index contributed by atoms with van der Waals surface area (Å²) < 4.78 is 3.33. The zero-order valence-electron chi connectivity index (χ0n) is 23.7. The number of rotatable bonds is 6. The van der Waals surface area contributed by atoms with Crippen LogP contribution in [0.25, 0.3) is 11.0 Å². The van der Waals surface area contributed by atoms with Crippen molar-refractivity contribution in [3.63, 3.8) is 0 Å². The van der Waals surface area contributed by atoms with Crippen molar-refractivity contribution < 1.29 is 19.8 Å². The average molecular weight is 604 g/mol. The number of benzene rings is 2. The first-order chi connectivity index (χ1) is 20.7. The zero-order valence-corrected chi connectivity index (χ0v) is 24.4. The lowest BCUT2D eigenvalue weighted by Crippen LogP contribution is -2.53. The van der Waals surface area contributed by atoms with Gasteiger partial charge in [0, 0.05) is 49.2 Å². The van der Waals surface area contributed by atoms with Crippen LogP contribution in [0.3, 0.4) is 0 Å². The molecule has 2 N–H and O–H groups in total. The van der Waals surface area contributed by atoms with Gasteiger partial charge >= 0.3 is 6.09 Å². The van der Waals surface area contributed by atoms with Crippen LogP contribution in [0.5, 0.6) is 0 Å². The highest BCUT2D eigenvalue weighted by Crippen LogP contribution is 2.35. The van der Waals surface area contributed by atoms with Gasteiger partial charge in [-0.3, -0.25) is 14.2 Å². The first kappa shape index (κ1) is 28.9. The number of carbonyl (C=O) groups excluding carboxylic acids is 1. The Morgan fingerprint density at radius 1 is 0.953 bits per heavy atom. The number of carbonyl (C=O) groups is 2. The monoisotopic (exact) mass is 603 g/mol. The Morgan fingerprint density at radius 2 is 1.67 bits per heavy atom. The molecule has 0 bridgehead atoms. The Kier molecular flexibility index (Phi) is 7.98. The molecule has 0 aliphatic carbocycles. The van der Waals surface area contributed by atoms with Crippen molar-refractivity contribution in [1.82, 2.24) is 23.9 Å². The Hall–Kier alpha value is -4.15. The summed E-state index contributed by atoms with van der Waals surface area (Å²) in [6.07, 6.45) is 3.40. The summed E-state index contributed by atoms with van der Waals surface area (Å²) in [7, 11) is 0. The maximum Gasteiger partial charge on any atom is 0.407 e. The molecule has 2 amide bonds. The highest BCUT2D eigenvalue weighted by Gasteiger charge is 2.41. The van der Waals surface area contributed by atoms with Crippen molar-refractivity contribution in [3.8, 4) is 0 Å². The SMILES string of the molecule is O=C(O)N1CC[C@@H](C(=O)N2CCC(O)(Cn3cnc4c(ccn4Cc4ccccc4Cl)c3=O)CC2)[C@H](c2ccccc2)C1. The topological polar surface area (TPSA) is 121 Å². The highest BCUT2D eigenvalue weighted by molar-refractivity contribution is 6.31. The zero-order chi connectivity index (χ0) is 30.1. The van der Waals surface area contributed by atoms with E-state index in [2.05, 4.69) is 4.98 Å². The van der Waals surface area contributed by atoms with Gasteiger partial charge in [-0.25, -0.2) is 9.78 Å². The molecule has 4 heterocycles. The molecule has 0 unspecified atom stereocenters. The number of nitrogens with zero attached hydrogens (tertiary/aromatic N) is 5. The first-order valence-electron chi connectivity index (χ1n) is 14.5. The third-order valence-corrected chi connectivity index (χ3v) is 9.31. The number of piperidine rings is 2. The van der Waals surface area contributed by atoms with E-state index in [9.17, 15) is 24.6 Å². The lowest BCUT2D eigenvalue weighted by atomic mass is 9.79. The van der Waals surface area contributed by atoms with Crippen LogP contribution in [0.4, 0.5) is 4.79 Å². The van der Waals surface area contributed by atoms with Crippen LogP contribution in [0.2, 0.25) is 5.02 Å². The Morgan fingerprint density at radius 3 is 2.40 bits per heavy atom. The van der Waals surface area contributed by atoms with Crippen molar-refractivity contribution >= 4 is 34.6 Å². The second kappa shape index (κ2) is 11.9. The number of aromatic nitrogens is 3. The van der Waals surface area contributed by atoms with Crippen molar-refractivity contribution in [2.75, 3.05) is 26.2 Å². The molecular formula is C32H34ClN5O5. The molecule has 0 radical (unpaired) electrons. The number of halogens is 1. The number of aliphatic hydroxyl groups is 1. The van der Waals surface area contributed by atoms with Crippen molar-refractivity contribution in [2.45, 2.75) is 43.9 Å². The van der Waals surface area contributed by atoms with Crippen molar-refractivity contribution in [2.24, 2.45) is 5.92 Å². The molecule has 6 rings (SSSR count). The van der Waals surface area contributed by atoms with Crippen molar-refractivity contribution in [1.29, 1.82) is 0 Å². The second-order valence-electron chi connectivity index (χ2n) is 11.6. The molecular weight excluding hydrogens is 570 g/mol. The van der Waals surface area contributed by atoms with E-state index in [1.807, 2.05) is 65.4 Å². The fraction of sp³-hybridized carbons (Fsp3) is 0.375. The van der Waals surface area contributed by atoms with Gasteiger partial charge in [0.15, 0.2) is 0 Å². The molecule has 2 aromatic carbocycles. The summed E-state index contributed by atoms with van der Waals surface area (Å²) in [4.78, 5) is 46.5. The number of hydrogen-bond donors (Lipinski definition) is 2. The quantitative estimate of drug-likeness (QED) is 0.343. The van der Waals surface area contributed by atoms with Gasteiger partial charge in [-0.1, -0.05) is 60.1 Å². The average Bonchev–Trinajstić information content (AvgIpc) is 3.43. The molecule has 43 heavy (non-hydrogen) atoms. The molecule has 224 valence electrons. The van der Waals surface area contributed by atoms with E-state index in [1.54, 1.807) is 11.0 Å².